The number of halogens is 1. The van der Waals surface area contributed by atoms with E-state index in [9.17, 15) is 8.42 Å². The lowest BCUT2D eigenvalue weighted by molar-refractivity contribution is 0.122. The molecule has 0 amide bonds. The van der Waals surface area contributed by atoms with Gasteiger partial charge in [0.05, 0.1) is 18.1 Å². The number of ether oxygens (including phenoxy) is 1. The van der Waals surface area contributed by atoms with E-state index in [1.807, 2.05) is 12.1 Å². The molecule has 1 aliphatic rings. The minimum absolute atomic E-state index is 0.182. The predicted molar refractivity (Wildman–Crippen MR) is 92.7 cm³/mol. The molecule has 3 rings (SSSR count). The van der Waals surface area contributed by atoms with Gasteiger partial charge >= 0.3 is 0 Å². The van der Waals surface area contributed by atoms with Crippen molar-refractivity contribution in [3.8, 4) is 0 Å². The summed E-state index contributed by atoms with van der Waals surface area (Å²) in [5.74, 6) is 0.877. The highest BCUT2D eigenvalue weighted by atomic mass is 35.5. The Labute approximate surface area is 146 Å². The number of aromatic nitrogens is 1. The number of hydrogen-bond donors (Lipinski definition) is 1. The van der Waals surface area contributed by atoms with Crippen LogP contribution in [-0.2, 0) is 21.3 Å². The molecule has 0 saturated carbocycles. The monoisotopic (exact) mass is 367 g/mol. The van der Waals surface area contributed by atoms with Gasteiger partial charge in [0.15, 0.2) is 0 Å². The fourth-order valence-corrected chi connectivity index (χ4v) is 3.52. The summed E-state index contributed by atoms with van der Waals surface area (Å²) in [7, 11) is -3.57. The Morgan fingerprint density at radius 1 is 1.12 bits per heavy atom. The molecule has 0 unspecified atom stereocenters. The smallest absolute Gasteiger partial charge is 0.240 e. The van der Waals surface area contributed by atoms with Gasteiger partial charge in [-0.2, -0.15) is 0 Å². The zero-order valence-corrected chi connectivity index (χ0v) is 14.6. The predicted octanol–water partition coefficient (Wildman–Crippen LogP) is 2.05. The quantitative estimate of drug-likeness (QED) is 0.875. The van der Waals surface area contributed by atoms with Crippen molar-refractivity contribution in [3.05, 3.63) is 53.2 Å². The molecule has 2 heterocycles. The number of pyridine rings is 1. The van der Waals surface area contributed by atoms with Gasteiger partial charge < -0.3 is 9.64 Å². The van der Waals surface area contributed by atoms with E-state index in [0.717, 1.165) is 24.5 Å². The Bertz CT molecular complexity index is 773. The van der Waals surface area contributed by atoms with Gasteiger partial charge in [-0.25, -0.2) is 18.1 Å². The van der Waals surface area contributed by atoms with Crippen LogP contribution in [0.15, 0.2) is 47.5 Å². The van der Waals surface area contributed by atoms with Crippen molar-refractivity contribution in [2.24, 2.45) is 0 Å². The highest BCUT2D eigenvalue weighted by Gasteiger charge is 2.15. The average Bonchev–Trinajstić information content (AvgIpc) is 2.62. The van der Waals surface area contributed by atoms with Gasteiger partial charge in [0.25, 0.3) is 0 Å². The fourth-order valence-electron chi connectivity index (χ4n) is 2.38. The average molecular weight is 368 g/mol. The Morgan fingerprint density at radius 3 is 2.46 bits per heavy atom. The van der Waals surface area contributed by atoms with Crippen molar-refractivity contribution in [1.82, 2.24) is 9.71 Å². The highest BCUT2D eigenvalue weighted by Crippen LogP contribution is 2.15. The van der Waals surface area contributed by atoms with Crippen LogP contribution in [0.25, 0.3) is 0 Å². The van der Waals surface area contributed by atoms with Gasteiger partial charge in [-0.1, -0.05) is 17.7 Å². The molecule has 1 aliphatic heterocycles. The maximum Gasteiger partial charge on any atom is 0.240 e. The second kappa shape index (κ2) is 7.48. The lowest BCUT2D eigenvalue weighted by Gasteiger charge is -2.27. The minimum atomic E-state index is -3.57. The summed E-state index contributed by atoms with van der Waals surface area (Å²) in [5.41, 5.74) is 0.796. The summed E-state index contributed by atoms with van der Waals surface area (Å²) in [5, 5.41) is 0.497. The molecule has 128 valence electrons. The first-order valence-corrected chi connectivity index (χ1v) is 9.43. The first kappa shape index (κ1) is 17.2. The molecule has 6 nitrogen and oxygen atoms in total. The second-order valence-corrected chi connectivity index (χ2v) is 7.61. The fraction of sp³-hybridized carbons (Fsp3) is 0.312. The number of anilines is 1. The molecule has 24 heavy (non-hydrogen) atoms. The van der Waals surface area contributed by atoms with Gasteiger partial charge in [0, 0.05) is 30.9 Å². The molecule has 0 spiro atoms. The topological polar surface area (TPSA) is 71.5 Å². The van der Waals surface area contributed by atoms with E-state index in [4.69, 9.17) is 16.3 Å². The maximum atomic E-state index is 12.2. The molecule has 0 radical (unpaired) electrons. The normalized spacial score (nSPS) is 15.5. The van der Waals surface area contributed by atoms with E-state index in [1.54, 1.807) is 18.3 Å². The summed E-state index contributed by atoms with van der Waals surface area (Å²) in [6.07, 6.45) is 1.69. The zero-order valence-electron chi connectivity index (χ0n) is 13.0. The number of hydrogen-bond acceptors (Lipinski definition) is 5. The number of nitrogens with zero attached hydrogens (tertiary/aromatic N) is 2. The molecular weight excluding hydrogens is 350 g/mol. The Hall–Kier alpha value is -1.67. The van der Waals surface area contributed by atoms with Crippen LogP contribution < -0.4 is 9.62 Å². The van der Waals surface area contributed by atoms with Gasteiger partial charge in [0.2, 0.25) is 10.0 Å². The van der Waals surface area contributed by atoms with Crippen LogP contribution in [0.1, 0.15) is 5.56 Å². The van der Waals surface area contributed by atoms with E-state index < -0.39 is 10.0 Å². The van der Waals surface area contributed by atoms with Crippen LogP contribution >= 0.6 is 11.6 Å². The first-order valence-electron chi connectivity index (χ1n) is 7.57. The number of benzene rings is 1. The molecule has 0 atom stereocenters. The number of rotatable bonds is 5. The molecule has 0 bridgehead atoms. The van der Waals surface area contributed by atoms with Crippen molar-refractivity contribution in [2.75, 3.05) is 31.2 Å². The summed E-state index contributed by atoms with van der Waals surface area (Å²) in [4.78, 5) is 6.73. The van der Waals surface area contributed by atoms with Crippen LogP contribution in [-0.4, -0.2) is 39.7 Å². The van der Waals surface area contributed by atoms with Crippen molar-refractivity contribution < 1.29 is 13.2 Å². The summed E-state index contributed by atoms with van der Waals surface area (Å²) < 4.78 is 32.4. The third-order valence-electron chi connectivity index (χ3n) is 3.73. The molecule has 1 aromatic carbocycles. The van der Waals surface area contributed by atoms with Crippen molar-refractivity contribution in [3.63, 3.8) is 0 Å². The SMILES string of the molecule is O=S(=O)(NCc1ccc(N2CCOCC2)nc1)c1ccc(Cl)cc1. The summed E-state index contributed by atoms with van der Waals surface area (Å²) >= 11 is 5.78. The van der Waals surface area contributed by atoms with Crippen LogP contribution in [0.2, 0.25) is 5.02 Å². The lowest BCUT2D eigenvalue weighted by atomic mass is 10.3. The highest BCUT2D eigenvalue weighted by molar-refractivity contribution is 7.89. The number of nitrogens with one attached hydrogen (secondary N) is 1. The summed E-state index contributed by atoms with van der Waals surface area (Å²) in [6.45, 7) is 3.21. The number of morpholine rings is 1. The Balaban J connectivity index is 1.62. The van der Waals surface area contributed by atoms with Crippen LogP contribution in [0.5, 0.6) is 0 Å². The van der Waals surface area contributed by atoms with E-state index in [2.05, 4.69) is 14.6 Å². The van der Waals surface area contributed by atoms with Gasteiger partial charge in [-0.05, 0) is 35.9 Å². The molecule has 1 fully saturated rings. The van der Waals surface area contributed by atoms with E-state index in [-0.39, 0.29) is 11.4 Å². The first-order chi connectivity index (χ1) is 11.5. The number of sulfonamides is 1. The van der Waals surface area contributed by atoms with Gasteiger partial charge in [0.1, 0.15) is 5.82 Å². The van der Waals surface area contributed by atoms with Crippen LogP contribution in [0.4, 0.5) is 5.82 Å². The lowest BCUT2D eigenvalue weighted by Crippen LogP contribution is -2.36. The second-order valence-electron chi connectivity index (χ2n) is 5.40. The Morgan fingerprint density at radius 2 is 1.83 bits per heavy atom. The van der Waals surface area contributed by atoms with Crippen molar-refractivity contribution in [1.29, 1.82) is 0 Å². The maximum absolute atomic E-state index is 12.2. The molecule has 1 saturated heterocycles. The standard InChI is InChI=1S/C16H18ClN3O3S/c17-14-2-4-15(5-3-14)24(21,22)19-12-13-1-6-16(18-11-13)20-7-9-23-10-8-20/h1-6,11,19H,7-10,12H2. The molecule has 8 heteroatoms. The Kier molecular flexibility index (Phi) is 5.35. The molecular formula is C16H18ClN3O3S. The van der Waals surface area contributed by atoms with E-state index in [1.165, 1.54) is 12.1 Å². The molecule has 0 aliphatic carbocycles. The zero-order chi connectivity index (χ0) is 17.0. The van der Waals surface area contributed by atoms with Gasteiger partial charge in [-0.15, -0.1) is 0 Å². The third kappa shape index (κ3) is 4.24. The largest absolute Gasteiger partial charge is 0.378 e. The minimum Gasteiger partial charge on any atom is -0.378 e. The van der Waals surface area contributed by atoms with Crippen molar-refractivity contribution >= 4 is 27.4 Å². The van der Waals surface area contributed by atoms with Crippen molar-refractivity contribution in [2.45, 2.75) is 11.4 Å². The van der Waals surface area contributed by atoms with E-state index >= 15 is 0 Å². The molecule has 1 N–H and O–H groups in total. The molecule has 2 aromatic rings. The van der Waals surface area contributed by atoms with Crippen LogP contribution in [0, 0.1) is 0 Å². The third-order valence-corrected chi connectivity index (χ3v) is 5.40. The van der Waals surface area contributed by atoms with Gasteiger partial charge in [-0.3, -0.25) is 0 Å². The van der Waals surface area contributed by atoms with Crippen LogP contribution in [0.3, 0.4) is 0 Å². The summed E-state index contributed by atoms with van der Waals surface area (Å²) in [6, 6.07) is 9.83. The molecule has 1 aromatic heterocycles. The van der Waals surface area contributed by atoms with E-state index in [0.29, 0.717) is 18.2 Å².